The summed E-state index contributed by atoms with van der Waals surface area (Å²) in [7, 11) is 0. The number of rotatable bonds is 4. The van der Waals surface area contributed by atoms with Crippen LogP contribution < -0.4 is 5.73 Å². The second-order valence-electron chi connectivity index (χ2n) is 2.51. The molecule has 1 aromatic rings. The summed E-state index contributed by atoms with van der Waals surface area (Å²) in [5.41, 5.74) is 5.30. The second kappa shape index (κ2) is 5.67. The molecule has 0 aliphatic carbocycles. The number of hydrogen-bond acceptors (Lipinski definition) is 3. The molecule has 0 aliphatic heterocycles. The normalized spacial score (nSPS) is 10.8. The summed E-state index contributed by atoms with van der Waals surface area (Å²) in [4.78, 5) is 1.15. The van der Waals surface area contributed by atoms with Crippen molar-refractivity contribution in [2.75, 3.05) is 12.3 Å². The number of aromatic hydroxyl groups is 1. The Morgan fingerprint density at radius 1 is 1.23 bits per heavy atom. The summed E-state index contributed by atoms with van der Waals surface area (Å²) in [5, 5.41) is 9.03. The van der Waals surface area contributed by atoms with Crippen LogP contribution in [0, 0.1) is 0 Å². The molecule has 0 atom stereocenters. The molecule has 3 N–H and O–H groups in total. The molecule has 13 heavy (non-hydrogen) atoms. The highest BCUT2D eigenvalue weighted by Crippen LogP contribution is 2.20. The molecular weight excluding hydrogens is 182 g/mol. The van der Waals surface area contributed by atoms with Crippen molar-refractivity contribution >= 4 is 11.8 Å². The molecule has 0 aromatic heterocycles. The third kappa shape index (κ3) is 4.01. The summed E-state index contributed by atoms with van der Waals surface area (Å²) < 4.78 is 0. The lowest BCUT2D eigenvalue weighted by Gasteiger charge is -1.97. The number of nitrogens with two attached hydrogens (primary N) is 1. The van der Waals surface area contributed by atoms with E-state index in [0.717, 1.165) is 10.6 Å². The molecule has 0 spiro atoms. The maximum atomic E-state index is 9.03. The molecule has 1 rings (SSSR count). The van der Waals surface area contributed by atoms with Gasteiger partial charge in [0.25, 0.3) is 0 Å². The Labute approximate surface area is 82.5 Å². The van der Waals surface area contributed by atoms with Crippen LogP contribution in [0.5, 0.6) is 5.75 Å². The molecule has 3 heteroatoms. The smallest absolute Gasteiger partial charge is 0.115 e. The van der Waals surface area contributed by atoms with E-state index in [2.05, 4.69) is 0 Å². The lowest BCUT2D eigenvalue weighted by molar-refractivity contribution is 0.475. The average Bonchev–Trinajstić information content (AvgIpc) is 2.15. The molecule has 0 saturated carbocycles. The number of phenolic OH excluding ortho intramolecular Hbond substituents is 1. The molecule has 0 amide bonds. The van der Waals surface area contributed by atoms with Crippen molar-refractivity contribution in [2.45, 2.75) is 4.90 Å². The van der Waals surface area contributed by atoms with Gasteiger partial charge >= 0.3 is 0 Å². The van der Waals surface area contributed by atoms with Crippen LogP contribution in [0.2, 0.25) is 0 Å². The van der Waals surface area contributed by atoms with Gasteiger partial charge in [-0.05, 0) is 24.3 Å². The van der Waals surface area contributed by atoms with E-state index in [4.69, 9.17) is 10.8 Å². The van der Waals surface area contributed by atoms with Crippen LogP contribution in [-0.2, 0) is 0 Å². The average molecular weight is 195 g/mol. The summed E-state index contributed by atoms with van der Waals surface area (Å²) in [6.07, 6.45) is 3.98. The largest absolute Gasteiger partial charge is 0.508 e. The zero-order valence-electron chi connectivity index (χ0n) is 7.31. The van der Waals surface area contributed by atoms with Crippen LogP contribution in [0.1, 0.15) is 0 Å². The summed E-state index contributed by atoms with van der Waals surface area (Å²) >= 11 is 1.72. The first-order valence-electron chi connectivity index (χ1n) is 4.10. The number of benzene rings is 1. The predicted octanol–water partition coefficient (Wildman–Crippen LogP) is 2.00. The summed E-state index contributed by atoms with van der Waals surface area (Å²) in [5.74, 6) is 1.23. The standard InChI is InChI=1S/C10H13NOS/c11-7-1-2-8-13-10-5-3-9(12)4-6-10/h1-6,12H,7-8,11H2. The van der Waals surface area contributed by atoms with Gasteiger partial charge < -0.3 is 10.8 Å². The maximum absolute atomic E-state index is 9.03. The second-order valence-corrected chi connectivity index (χ2v) is 3.61. The highest BCUT2D eigenvalue weighted by Gasteiger charge is 1.91. The minimum Gasteiger partial charge on any atom is -0.508 e. The Morgan fingerprint density at radius 2 is 1.92 bits per heavy atom. The first-order chi connectivity index (χ1) is 6.33. The first-order valence-corrected chi connectivity index (χ1v) is 5.08. The fourth-order valence-electron chi connectivity index (χ4n) is 0.851. The van der Waals surface area contributed by atoms with Crippen LogP contribution in [-0.4, -0.2) is 17.4 Å². The van der Waals surface area contributed by atoms with E-state index in [1.807, 2.05) is 24.3 Å². The molecule has 1 aromatic carbocycles. The van der Waals surface area contributed by atoms with E-state index in [1.165, 1.54) is 0 Å². The van der Waals surface area contributed by atoms with E-state index in [9.17, 15) is 0 Å². The molecule has 0 saturated heterocycles. The first kappa shape index (κ1) is 10.2. The van der Waals surface area contributed by atoms with Gasteiger partial charge in [-0.2, -0.15) is 0 Å². The molecule has 2 nitrogen and oxygen atoms in total. The predicted molar refractivity (Wildman–Crippen MR) is 57.0 cm³/mol. The van der Waals surface area contributed by atoms with Crippen LogP contribution >= 0.6 is 11.8 Å². The molecule has 0 fully saturated rings. The minimum absolute atomic E-state index is 0.307. The lowest BCUT2D eigenvalue weighted by atomic mass is 10.3. The molecule has 70 valence electrons. The Hall–Kier alpha value is -0.930. The van der Waals surface area contributed by atoms with E-state index >= 15 is 0 Å². The summed E-state index contributed by atoms with van der Waals surface area (Å²) in [6.45, 7) is 0.593. The molecule has 0 unspecified atom stereocenters. The fourth-order valence-corrected chi connectivity index (χ4v) is 1.60. The van der Waals surface area contributed by atoms with Crippen LogP contribution in [0.4, 0.5) is 0 Å². The topological polar surface area (TPSA) is 46.2 Å². The van der Waals surface area contributed by atoms with Gasteiger partial charge in [0, 0.05) is 17.2 Å². The molecule has 0 bridgehead atoms. The van der Waals surface area contributed by atoms with Gasteiger partial charge in [0.15, 0.2) is 0 Å². The van der Waals surface area contributed by atoms with Crippen LogP contribution in [0.15, 0.2) is 41.3 Å². The highest BCUT2D eigenvalue weighted by atomic mass is 32.2. The van der Waals surface area contributed by atoms with Gasteiger partial charge in [-0.15, -0.1) is 11.8 Å². The molecule has 0 radical (unpaired) electrons. The van der Waals surface area contributed by atoms with Crippen molar-refractivity contribution in [1.82, 2.24) is 0 Å². The Bertz CT molecular complexity index is 269. The van der Waals surface area contributed by atoms with Gasteiger partial charge in [-0.25, -0.2) is 0 Å². The maximum Gasteiger partial charge on any atom is 0.115 e. The van der Waals surface area contributed by atoms with Crippen LogP contribution in [0.25, 0.3) is 0 Å². The van der Waals surface area contributed by atoms with Crippen molar-refractivity contribution in [2.24, 2.45) is 5.73 Å². The van der Waals surface area contributed by atoms with Gasteiger partial charge in [0.05, 0.1) is 0 Å². The van der Waals surface area contributed by atoms with Gasteiger partial charge in [-0.3, -0.25) is 0 Å². The van der Waals surface area contributed by atoms with Crippen molar-refractivity contribution in [3.8, 4) is 5.75 Å². The van der Waals surface area contributed by atoms with E-state index in [0.29, 0.717) is 12.3 Å². The Morgan fingerprint density at radius 3 is 2.54 bits per heavy atom. The van der Waals surface area contributed by atoms with Gasteiger partial charge in [-0.1, -0.05) is 12.2 Å². The molecule has 0 aliphatic rings. The quantitative estimate of drug-likeness (QED) is 0.570. The van der Waals surface area contributed by atoms with Crippen molar-refractivity contribution in [1.29, 1.82) is 0 Å². The minimum atomic E-state index is 0.307. The number of phenols is 1. The van der Waals surface area contributed by atoms with Crippen molar-refractivity contribution < 1.29 is 5.11 Å². The van der Waals surface area contributed by atoms with Crippen molar-refractivity contribution in [3.63, 3.8) is 0 Å². The number of thioether (sulfide) groups is 1. The Balaban J connectivity index is 2.37. The van der Waals surface area contributed by atoms with E-state index in [1.54, 1.807) is 23.9 Å². The number of hydrogen-bond donors (Lipinski definition) is 2. The molecular formula is C10H13NOS. The van der Waals surface area contributed by atoms with Gasteiger partial charge in [0.2, 0.25) is 0 Å². The van der Waals surface area contributed by atoms with Crippen molar-refractivity contribution in [3.05, 3.63) is 36.4 Å². The van der Waals surface area contributed by atoms with Gasteiger partial charge in [0.1, 0.15) is 5.75 Å². The molecule has 0 heterocycles. The summed E-state index contributed by atoms with van der Waals surface area (Å²) in [6, 6.07) is 7.18. The van der Waals surface area contributed by atoms with Crippen LogP contribution in [0.3, 0.4) is 0 Å². The fraction of sp³-hybridized carbons (Fsp3) is 0.200. The zero-order valence-corrected chi connectivity index (χ0v) is 8.13. The monoisotopic (exact) mass is 195 g/mol. The highest BCUT2D eigenvalue weighted by molar-refractivity contribution is 7.99. The third-order valence-electron chi connectivity index (χ3n) is 1.49. The third-order valence-corrected chi connectivity index (χ3v) is 2.45. The Kier molecular flexibility index (Phi) is 4.43. The van der Waals surface area contributed by atoms with E-state index in [-0.39, 0.29) is 0 Å². The van der Waals surface area contributed by atoms with E-state index < -0.39 is 0 Å². The SMILES string of the molecule is NCC=CCSc1ccc(O)cc1. The lowest BCUT2D eigenvalue weighted by Crippen LogP contribution is -1.92. The zero-order chi connectivity index (χ0) is 9.52.